The molecule has 15 aliphatic carbocycles. The Balaban J connectivity index is 0.0000000995. The third-order valence-corrected chi connectivity index (χ3v) is 38.7. The minimum Gasteiger partial charge on any atom is -0.456 e. The number of anilines is 9. The van der Waals surface area contributed by atoms with E-state index in [2.05, 4.69) is 445 Å². The van der Waals surface area contributed by atoms with Crippen LogP contribution in [0.3, 0.4) is 0 Å². The van der Waals surface area contributed by atoms with Crippen LogP contribution in [0.5, 0.6) is 0 Å². The van der Waals surface area contributed by atoms with Gasteiger partial charge in [0.15, 0.2) is 0 Å². The normalized spacial score (nSPS) is 24.5. The SMILES string of the molecule is c1ccc(N(c2ccc(-c3cc4ccccc4c4ccccc34)cc2)c2cccc3c2-c2ccccc2C32C3CC4CC(C3)CC2C4)cc1.c1ccc(N(c2ccc(-c3ccc4c(c3)oc3ccccc34)cc2)c2cccc3c2-c2ccccc2C32C3CC4CC(C3)CC2C4)cc1.c1ccc(N(c2ccc(-c3ccc4c(ccc5ccccc54)c3)cc2)c2cccc3c2-c2ccccc2C32C3CC4CC(C3)CC2C4)cc1. The van der Waals surface area contributed by atoms with Crippen LogP contribution in [-0.2, 0) is 16.2 Å². The average Bonchev–Trinajstić information content (AvgIpc) is 1.50. The van der Waals surface area contributed by atoms with E-state index in [1.165, 1.54) is 257 Å². The van der Waals surface area contributed by atoms with Gasteiger partial charge in [-0.3, -0.25) is 0 Å². The van der Waals surface area contributed by atoms with Crippen molar-refractivity contribution >= 4 is 116 Å². The standard InChI is InChI=1S/2C48H39N.C46H37NO/c1-2-12-37(13-3-1)49(38-23-21-33(22-24-38)43-30-34-11-4-5-14-39(34)40-15-6-7-16-41(40)43)46-20-10-19-45-47(46)42-17-8-9-18-44(42)48(45)35-26-31-25-32(28-35)29-36(48)27-31;1-2-10-39(11-3-1)49(40-22-19-33(20-23-40)35-21-24-42-36(30-35)18-17-34-9-4-5-12-41(34)42)46-16-8-15-45-47(46)43-13-6-7-14-44(43)48(45)37-26-31-25-32(28-37)29-38(48)27-31;1-2-9-35(10-3-1)47(36-20-17-31(18-21-36)32-19-22-38-37-11-5-7-16-43(37)48-44(38)28-32)42-15-8-14-41-45(42)39-12-4-6-13-40(39)46(41)33-24-29-23-30(26-33)27-34(46)25-29/h1-24,30-32,35-36H,25-29H2;1-24,30-32,37-38H,25-29H2;1-22,28-30,33-34H,23-27H2. The Morgan fingerprint density at radius 1 is 0.171 bits per heavy atom. The maximum Gasteiger partial charge on any atom is 0.136 e. The maximum atomic E-state index is 6.24. The predicted octanol–water partition coefficient (Wildman–Crippen LogP) is 38.2. The number of hydrogen-bond acceptors (Lipinski definition) is 4. The second-order valence-corrected chi connectivity index (χ2v) is 45.6. The van der Waals surface area contributed by atoms with Crippen molar-refractivity contribution < 1.29 is 4.42 Å². The Kier molecular flexibility index (Phi) is 19.4. The Labute approximate surface area is 855 Å². The van der Waals surface area contributed by atoms with Crippen molar-refractivity contribution in [3.8, 4) is 66.8 Å². The van der Waals surface area contributed by atoms with Gasteiger partial charge in [0.05, 0.1) is 17.1 Å². The zero-order valence-corrected chi connectivity index (χ0v) is 82.4. The fourth-order valence-electron chi connectivity index (χ4n) is 33.9. The van der Waals surface area contributed by atoms with Gasteiger partial charge in [0.1, 0.15) is 11.2 Å². The molecule has 704 valence electrons. The molecule has 4 heteroatoms. The number of rotatable bonds is 12. The van der Waals surface area contributed by atoms with E-state index < -0.39 is 0 Å². The van der Waals surface area contributed by atoms with Crippen molar-refractivity contribution in [2.75, 3.05) is 14.7 Å². The second-order valence-electron chi connectivity index (χ2n) is 45.6. The monoisotopic (exact) mass is 1880 g/mol. The number of nitrogens with zero attached hydrogens (tertiary/aromatic N) is 3. The summed E-state index contributed by atoms with van der Waals surface area (Å²) in [7, 11) is 0. The highest BCUT2D eigenvalue weighted by Gasteiger charge is 2.66. The molecule has 0 saturated heterocycles. The zero-order chi connectivity index (χ0) is 95.6. The van der Waals surface area contributed by atoms with Crippen molar-refractivity contribution in [3.63, 3.8) is 0 Å². The summed E-state index contributed by atoms with van der Waals surface area (Å²) in [4.78, 5) is 7.53. The summed E-state index contributed by atoms with van der Waals surface area (Å²) in [5, 5.41) is 12.7. The van der Waals surface area contributed by atoms with Crippen LogP contribution in [0.15, 0.2) is 447 Å². The summed E-state index contributed by atoms with van der Waals surface area (Å²) in [5.74, 6) is 10.1. The molecule has 0 amide bonds. The molecule has 1 heterocycles. The first-order valence-electron chi connectivity index (χ1n) is 54.6. The van der Waals surface area contributed by atoms with Crippen molar-refractivity contribution in [2.24, 2.45) is 71.0 Å². The van der Waals surface area contributed by atoms with E-state index in [1.807, 2.05) is 12.1 Å². The van der Waals surface area contributed by atoms with Gasteiger partial charge >= 0.3 is 0 Å². The molecule has 0 unspecified atom stereocenters. The number of hydrogen-bond donors (Lipinski definition) is 0. The van der Waals surface area contributed by atoms with Crippen LogP contribution in [0.25, 0.3) is 132 Å². The van der Waals surface area contributed by atoms with E-state index in [4.69, 9.17) is 4.42 Å². The fourth-order valence-corrected chi connectivity index (χ4v) is 33.9. The molecule has 20 aromatic carbocycles. The largest absolute Gasteiger partial charge is 0.456 e. The van der Waals surface area contributed by atoms with Crippen molar-refractivity contribution in [1.82, 2.24) is 0 Å². The molecule has 0 atom stereocenters. The van der Waals surface area contributed by atoms with Crippen molar-refractivity contribution in [2.45, 2.75) is 113 Å². The Hall–Kier alpha value is -15.4. The summed E-state index contributed by atoms with van der Waals surface area (Å²) >= 11 is 0. The summed E-state index contributed by atoms with van der Waals surface area (Å²) in [6, 6.07) is 166. The highest BCUT2D eigenvalue weighted by atomic mass is 16.3. The predicted molar refractivity (Wildman–Crippen MR) is 607 cm³/mol. The van der Waals surface area contributed by atoms with Crippen LogP contribution in [0, 0.1) is 71.0 Å². The molecule has 146 heavy (non-hydrogen) atoms. The first-order chi connectivity index (χ1) is 72.3. The topological polar surface area (TPSA) is 22.9 Å². The van der Waals surface area contributed by atoms with E-state index in [0.717, 1.165) is 93.1 Å². The van der Waals surface area contributed by atoms with Gasteiger partial charge in [-0.1, -0.05) is 322 Å². The van der Waals surface area contributed by atoms with Gasteiger partial charge in [-0.15, -0.1) is 0 Å². The number of para-hydroxylation sites is 4. The quantitative estimate of drug-likeness (QED) is 0.114. The highest BCUT2D eigenvalue weighted by Crippen LogP contribution is 2.75. The molecule has 12 saturated carbocycles. The van der Waals surface area contributed by atoms with Gasteiger partial charge in [0, 0.05) is 77.8 Å². The van der Waals surface area contributed by atoms with Crippen molar-refractivity contribution in [3.05, 3.63) is 476 Å². The van der Waals surface area contributed by atoms with Gasteiger partial charge in [0.2, 0.25) is 0 Å². The molecule has 12 bridgehead atoms. The van der Waals surface area contributed by atoms with Gasteiger partial charge in [-0.05, 0) is 415 Å². The summed E-state index contributed by atoms with van der Waals surface area (Å²) < 4.78 is 6.24. The first-order valence-corrected chi connectivity index (χ1v) is 54.6. The van der Waals surface area contributed by atoms with Gasteiger partial charge < -0.3 is 19.1 Å². The first kappa shape index (κ1) is 85.1. The third-order valence-electron chi connectivity index (χ3n) is 38.7. The molecule has 36 rings (SSSR count). The number of fused-ring (bicyclic) bond motifs is 18. The summed E-state index contributed by atoms with van der Waals surface area (Å²) in [5.41, 5.74) is 39.1. The lowest BCUT2D eigenvalue weighted by Gasteiger charge is -2.61. The number of furan rings is 1. The third kappa shape index (κ3) is 12.8. The van der Waals surface area contributed by atoms with E-state index in [0.29, 0.717) is 0 Å². The lowest BCUT2D eigenvalue weighted by Crippen LogP contribution is -2.55. The second kappa shape index (κ2) is 33.3. The average molecular weight is 1880 g/mol. The van der Waals surface area contributed by atoms with E-state index in [-0.39, 0.29) is 16.2 Å². The minimum atomic E-state index is 0.150. The Morgan fingerprint density at radius 3 is 0.884 bits per heavy atom. The molecule has 21 aromatic rings. The summed E-state index contributed by atoms with van der Waals surface area (Å²) in [6.07, 6.45) is 21.2. The Bertz CT molecular complexity index is 8710. The van der Waals surface area contributed by atoms with Crippen LogP contribution < -0.4 is 14.7 Å². The fraction of sp³-hybridized carbons (Fsp3) is 0.211. The molecular formula is C142H115N3O. The number of benzene rings is 20. The molecule has 0 N–H and O–H groups in total. The molecule has 3 spiro atoms. The lowest BCUT2D eigenvalue weighted by atomic mass is 9.43. The molecule has 12 fully saturated rings. The van der Waals surface area contributed by atoms with Gasteiger partial charge in [-0.2, -0.15) is 0 Å². The van der Waals surface area contributed by atoms with Crippen LogP contribution in [0.2, 0.25) is 0 Å². The van der Waals surface area contributed by atoms with Crippen LogP contribution in [0.4, 0.5) is 51.2 Å². The maximum absolute atomic E-state index is 6.24. The summed E-state index contributed by atoms with van der Waals surface area (Å²) in [6.45, 7) is 0. The molecule has 0 radical (unpaired) electrons. The minimum absolute atomic E-state index is 0.150. The molecule has 4 nitrogen and oxygen atoms in total. The van der Waals surface area contributed by atoms with Gasteiger partial charge in [-0.25, -0.2) is 0 Å². The molecular weight excluding hydrogens is 1760 g/mol. The van der Waals surface area contributed by atoms with Crippen LogP contribution in [0.1, 0.15) is 130 Å². The van der Waals surface area contributed by atoms with Crippen LogP contribution >= 0.6 is 0 Å². The zero-order valence-electron chi connectivity index (χ0n) is 82.4. The Morgan fingerprint density at radius 2 is 0.459 bits per heavy atom. The van der Waals surface area contributed by atoms with E-state index >= 15 is 0 Å². The highest BCUT2D eigenvalue weighted by molar-refractivity contribution is 6.15. The van der Waals surface area contributed by atoms with Crippen LogP contribution in [-0.4, -0.2) is 0 Å². The van der Waals surface area contributed by atoms with E-state index in [1.54, 1.807) is 33.4 Å². The smallest absolute Gasteiger partial charge is 0.136 e. The lowest BCUT2D eigenvalue weighted by molar-refractivity contribution is -0.0399. The molecule has 1 aromatic heterocycles. The van der Waals surface area contributed by atoms with Gasteiger partial charge in [0.25, 0.3) is 0 Å². The molecule has 0 aliphatic heterocycles. The van der Waals surface area contributed by atoms with E-state index in [9.17, 15) is 0 Å². The molecule has 15 aliphatic rings. The van der Waals surface area contributed by atoms with Crippen molar-refractivity contribution in [1.29, 1.82) is 0 Å².